The summed E-state index contributed by atoms with van der Waals surface area (Å²) in [5.74, 6) is 0.396. The minimum atomic E-state index is 0.198. The molecule has 0 heterocycles. The largest absolute Gasteiger partial charge is 0.356 e. The molecule has 0 atom stereocenters. The van der Waals surface area contributed by atoms with Gasteiger partial charge in [0.2, 0.25) is 11.8 Å². The summed E-state index contributed by atoms with van der Waals surface area (Å²) in [5.41, 5.74) is 0. The van der Waals surface area contributed by atoms with Crippen molar-refractivity contribution in [2.24, 2.45) is 0 Å². The number of hydrogen-bond acceptors (Lipinski definition) is 2. The van der Waals surface area contributed by atoms with Crippen molar-refractivity contribution in [2.75, 3.05) is 13.1 Å². The average Bonchev–Trinajstić information content (AvgIpc) is 2.66. The topological polar surface area (TPSA) is 58.2 Å². The van der Waals surface area contributed by atoms with Crippen molar-refractivity contribution in [1.29, 1.82) is 0 Å². The Morgan fingerprint density at radius 1 is 0.481 bits per heavy atom. The maximum atomic E-state index is 11.7. The zero-order chi connectivity index (χ0) is 20.0. The molecule has 4 heteroatoms. The van der Waals surface area contributed by atoms with Gasteiger partial charge in [-0.1, -0.05) is 84.5 Å². The maximum Gasteiger partial charge on any atom is 0.219 e. The number of rotatable bonds is 20. The standard InChI is InChI=1S/C23H46N2O2/c1-3-5-7-12-16-20-24-22(26)18-14-10-9-11-15-19-23(27)25-21-17-13-8-6-4-2/h3-21H2,1-2H3,(H,24,26)(H,25,27). The van der Waals surface area contributed by atoms with Crippen LogP contribution in [0.25, 0.3) is 0 Å². The lowest BCUT2D eigenvalue weighted by Gasteiger charge is -2.06. The molecule has 0 rings (SSSR count). The molecule has 2 N–H and O–H groups in total. The van der Waals surface area contributed by atoms with Crippen molar-refractivity contribution in [3.05, 3.63) is 0 Å². The molecular formula is C23H46N2O2. The second-order valence-corrected chi connectivity index (χ2v) is 7.80. The Kier molecular flexibility index (Phi) is 20.4. The first-order chi connectivity index (χ1) is 13.2. The summed E-state index contributed by atoms with van der Waals surface area (Å²) in [6.07, 6.45) is 18.8. The lowest BCUT2D eigenvalue weighted by Crippen LogP contribution is -2.24. The Labute approximate surface area is 168 Å². The van der Waals surface area contributed by atoms with Gasteiger partial charge in [0.15, 0.2) is 0 Å². The molecule has 0 radical (unpaired) electrons. The number of carbonyl (C=O) groups excluding carboxylic acids is 2. The van der Waals surface area contributed by atoms with Gasteiger partial charge >= 0.3 is 0 Å². The first-order valence-electron chi connectivity index (χ1n) is 11.7. The first kappa shape index (κ1) is 25.9. The van der Waals surface area contributed by atoms with Gasteiger partial charge in [0.05, 0.1) is 0 Å². The number of unbranched alkanes of at least 4 members (excludes halogenated alkanes) is 12. The molecule has 4 nitrogen and oxygen atoms in total. The summed E-state index contributed by atoms with van der Waals surface area (Å²) in [7, 11) is 0. The molecule has 27 heavy (non-hydrogen) atoms. The van der Waals surface area contributed by atoms with Crippen LogP contribution in [0.3, 0.4) is 0 Å². The lowest BCUT2D eigenvalue weighted by molar-refractivity contribution is -0.121. The van der Waals surface area contributed by atoms with E-state index in [9.17, 15) is 9.59 Å². The second-order valence-electron chi connectivity index (χ2n) is 7.80. The highest BCUT2D eigenvalue weighted by Gasteiger charge is 2.02. The molecular weight excluding hydrogens is 336 g/mol. The van der Waals surface area contributed by atoms with Crippen molar-refractivity contribution in [2.45, 2.75) is 123 Å². The molecule has 0 aromatic rings. The lowest BCUT2D eigenvalue weighted by atomic mass is 10.1. The van der Waals surface area contributed by atoms with E-state index < -0.39 is 0 Å². The number of amides is 2. The van der Waals surface area contributed by atoms with E-state index in [4.69, 9.17) is 0 Å². The van der Waals surface area contributed by atoms with Crippen LogP contribution >= 0.6 is 0 Å². The predicted octanol–water partition coefficient (Wildman–Crippen LogP) is 5.89. The summed E-state index contributed by atoms with van der Waals surface area (Å²) >= 11 is 0. The summed E-state index contributed by atoms with van der Waals surface area (Å²) in [6, 6.07) is 0. The van der Waals surface area contributed by atoms with E-state index in [1.807, 2.05) is 0 Å². The Morgan fingerprint density at radius 3 is 1.22 bits per heavy atom. The minimum Gasteiger partial charge on any atom is -0.356 e. The van der Waals surface area contributed by atoms with Crippen LogP contribution in [-0.2, 0) is 9.59 Å². The molecule has 2 amide bonds. The molecule has 0 aromatic heterocycles. The molecule has 0 aliphatic carbocycles. The van der Waals surface area contributed by atoms with Crippen LogP contribution in [0.2, 0.25) is 0 Å². The minimum absolute atomic E-state index is 0.198. The van der Waals surface area contributed by atoms with Gasteiger partial charge in [-0.05, 0) is 25.7 Å². The van der Waals surface area contributed by atoms with Crippen LogP contribution < -0.4 is 10.6 Å². The third-order valence-electron chi connectivity index (χ3n) is 5.01. The van der Waals surface area contributed by atoms with E-state index in [1.165, 1.54) is 51.4 Å². The van der Waals surface area contributed by atoms with Gasteiger partial charge in [0, 0.05) is 25.9 Å². The molecule has 0 aromatic carbocycles. The van der Waals surface area contributed by atoms with Crippen LogP contribution in [0.1, 0.15) is 123 Å². The van der Waals surface area contributed by atoms with E-state index in [0.29, 0.717) is 12.8 Å². The molecule has 0 saturated carbocycles. The van der Waals surface area contributed by atoms with Crippen molar-refractivity contribution in [3.63, 3.8) is 0 Å². The number of hydrogen-bond donors (Lipinski definition) is 2. The summed E-state index contributed by atoms with van der Waals surface area (Å²) in [5, 5.41) is 6.04. The van der Waals surface area contributed by atoms with Crippen LogP contribution in [-0.4, -0.2) is 24.9 Å². The van der Waals surface area contributed by atoms with Crippen LogP contribution in [0, 0.1) is 0 Å². The Hall–Kier alpha value is -1.06. The van der Waals surface area contributed by atoms with Crippen molar-refractivity contribution in [3.8, 4) is 0 Å². The van der Waals surface area contributed by atoms with Crippen LogP contribution in [0.5, 0.6) is 0 Å². The molecule has 0 aliphatic rings. The van der Waals surface area contributed by atoms with E-state index in [-0.39, 0.29) is 11.8 Å². The summed E-state index contributed by atoms with van der Waals surface area (Å²) in [4.78, 5) is 23.5. The zero-order valence-electron chi connectivity index (χ0n) is 18.3. The molecule has 0 spiro atoms. The highest BCUT2D eigenvalue weighted by Crippen LogP contribution is 2.08. The van der Waals surface area contributed by atoms with Crippen molar-refractivity contribution in [1.82, 2.24) is 10.6 Å². The fourth-order valence-corrected chi connectivity index (χ4v) is 3.19. The Balaban J connectivity index is 3.27. The van der Waals surface area contributed by atoms with Gasteiger partial charge in [-0.3, -0.25) is 9.59 Å². The van der Waals surface area contributed by atoms with Gasteiger partial charge < -0.3 is 10.6 Å². The fourth-order valence-electron chi connectivity index (χ4n) is 3.19. The maximum absolute atomic E-state index is 11.7. The van der Waals surface area contributed by atoms with Gasteiger partial charge in [-0.25, -0.2) is 0 Å². The smallest absolute Gasteiger partial charge is 0.219 e. The second kappa shape index (κ2) is 21.2. The van der Waals surface area contributed by atoms with E-state index in [1.54, 1.807) is 0 Å². The number of nitrogens with one attached hydrogen (secondary N) is 2. The van der Waals surface area contributed by atoms with E-state index in [0.717, 1.165) is 58.0 Å². The third kappa shape index (κ3) is 21.1. The van der Waals surface area contributed by atoms with Crippen LogP contribution in [0.15, 0.2) is 0 Å². The molecule has 0 saturated heterocycles. The molecule has 160 valence electrons. The normalized spacial score (nSPS) is 10.7. The Bertz CT molecular complexity index is 313. The SMILES string of the molecule is CCCCCCCNC(=O)CCCCCCCC(=O)NCCCCCCC. The average molecular weight is 383 g/mol. The van der Waals surface area contributed by atoms with Crippen LogP contribution in [0.4, 0.5) is 0 Å². The highest BCUT2D eigenvalue weighted by atomic mass is 16.2. The van der Waals surface area contributed by atoms with Gasteiger partial charge in [-0.2, -0.15) is 0 Å². The quantitative estimate of drug-likeness (QED) is 0.258. The highest BCUT2D eigenvalue weighted by molar-refractivity contribution is 5.76. The molecule has 0 bridgehead atoms. The first-order valence-corrected chi connectivity index (χ1v) is 11.7. The molecule has 0 aliphatic heterocycles. The fraction of sp³-hybridized carbons (Fsp3) is 0.913. The van der Waals surface area contributed by atoms with Crippen molar-refractivity contribution < 1.29 is 9.59 Å². The van der Waals surface area contributed by atoms with E-state index in [2.05, 4.69) is 24.5 Å². The summed E-state index contributed by atoms with van der Waals surface area (Å²) in [6.45, 7) is 6.09. The third-order valence-corrected chi connectivity index (χ3v) is 5.01. The molecule has 0 fully saturated rings. The molecule has 0 unspecified atom stereocenters. The number of carbonyl (C=O) groups is 2. The monoisotopic (exact) mass is 382 g/mol. The summed E-state index contributed by atoms with van der Waals surface area (Å²) < 4.78 is 0. The predicted molar refractivity (Wildman–Crippen MR) is 116 cm³/mol. The Morgan fingerprint density at radius 2 is 0.815 bits per heavy atom. The van der Waals surface area contributed by atoms with E-state index >= 15 is 0 Å². The van der Waals surface area contributed by atoms with Crippen molar-refractivity contribution >= 4 is 11.8 Å². The van der Waals surface area contributed by atoms with Gasteiger partial charge in [0.25, 0.3) is 0 Å². The zero-order valence-corrected chi connectivity index (χ0v) is 18.3. The van der Waals surface area contributed by atoms with Gasteiger partial charge in [-0.15, -0.1) is 0 Å². The van der Waals surface area contributed by atoms with Gasteiger partial charge in [0.1, 0.15) is 0 Å².